The van der Waals surface area contributed by atoms with Crippen molar-refractivity contribution in [2.45, 2.75) is 23.4 Å². The fourth-order valence-corrected chi connectivity index (χ4v) is 2.37. The van der Waals surface area contributed by atoms with Crippen molar-refractivity contribution < 1.29 is 8.78 Å². The van der Waals surface area contributed by atoms with E-state index in [9.17, 15) is 8.78 Å². The molecule has 2 N–H and O–H groups in total. The summed E-state index contributed by atoms with van der Waals surface area (Å²) in [5.41, 5.74) is 7.32. The second kappa shape index (κ2) is 5.46. The fraction of sp³-hybridized carbons (Fsp3) is 0.154. The number of hydrogen-bond acceptors (Lipinski definition) is 3. The number of hydrogen-bond donors (Lipinski definition) is 1. The van der Waals surface area contributed by atoms with Gasteiger partial charge in [0.1, 0.15) is 16.7 Å². The standard InChI is InChI=1S/C13H12F2N2S/c1-8-4-9(6-16)7-17-13(8)18-12-5-10(14)2-3-11(12)15/h2-5,7H,6,16H2,1H3. The zero-order valence-corrected chi connectivity index (χ0v) is 10.6. The molecule has 0 saturated carbocycles. The third kappa shape index (κ3) is 2.86. The quantitative estimate of drug-likeness (QED) is 0.926. The normalized spacial score (nSPS) is 10.7. The number of halogens is 2. The molecule has 2 nitrogen and oxygen atoms in total. The van der Waals surface area contributed by atoms with Crippen LogP contribution in [0.5, 0.6) is 0 Å². The average Bonchev–Trinajstić information content (AvgIpc) is 2.36. The smallest absolute Gasteiger partial charge is 0.137 e. The SMILES string of the molecule is Cc1cc(CN)cnc1Sc1cc(F)ccc1F. The Balaban J connectivity index is 2.31. The number of nitrogens with zero attached hydrogens (tertiary/aromatic N) is 1. The van der Waals surface area contributed by atoms with E-state index in [1.807, 2.05) is 13.0 Å². The van der Waals surface area contributed by atoms with Crippen molar-refractivity contribution in [2.24, 2.45) is 5.73 Å². The lowest BCUT2D eigenvalue weighted by atomic mass is 10.2. The Bertz CT molecular complexity index is 573. The fourth-order valence-electron chi connectivity index (χ4n) is 1.50. The lowest BCUT2D eigenvalue weighted by molar-refractivity contribution is 0.577. The minimum Gasteiger partial charge on any atom is -0.326 e. The second-order valence-electron chi connectivity index (χ2n) is 3.85. The molecule has 0 spiro atoms. The zero-order valence-electron chi connectivity index (χ0n) is 9.78. The highest BCUT2D eigenvalue weighted by atomic mass is 32.2. The van der Waals surface area contributed by atoms with Crippen molar-refractivity contribution in [1.82, 2.24) is 4.98 Å². The first-order chi connectivity index (χ1) is 8.60. The summed E-state index contributed by atoms with van der Waals surface area (Å²) < 4.78 is 26.5. The molecule has 1 heterocycles. The van der Waals surface area contributed by atoms with Gasteiger partial charge < -0.3 is 5.73 Å². The molecular weight excluding hydrogens is 254 g/mol. The lowest BCUT2D eigenvalue weighted by Gasteiger charge is -2.07. The molecule has 0 radical (unpaired) electrons. The van der Waals surface area contributed by atoms with Crippen LogP contribution in [0.1, 0.15) is 11.1 Å². The molecule has 0 aliphatic heterocycles. The van der Waals surface area contributed by atoms with E-state index < -0.39 is 11.6 Å². The molecule has 18 heavy (non-hydrogen) atoms. The van der Waals surface area contributed by atoms with Gasteiger partial charge in [-0.15, -0.1) is 0 Å². The van der Waals surface area contributed by atoms with Crippen molar-refractivity contribution >= 4 is 11.8 Å². The van der Waals surface area contributed by atoms with Crippen LogP contribution in [0.15, 0.2) is 40.4 Å². The van der Waals surface area contributed by atoms with Crippen LogP contribution in [-0.2, 0) is 6.54 Å². The third-order valence-electron chi connectivity index (χ3n) is 2.42. The maximum absolute atomic E-state index is 13.5. The van der Waals surface area contributed by atoms with E-state index >= 15 is 0 Å². The number of pyridine rings is 1. The summed E-state index contributed by atoms with van der Waals surface area (Å²) in [5, 5.41) is 0.650. The van der Waals surface area contributed by atoms with Crippen molar-refractivity contribution in [1.29, 1.82) is 0 Å². The molecule has 0 fully saturated rings. The first kappa shape index (κ1) is 13.0. The van der Waals surface area contributed by atoms with Gasteiger partial charge in [-0.3, -0.25) is 0 Å². The van der Waals surface area contributed by atoms with Gasteiger partial charge in [-0.1, -0.05) is 17.8 Å². The van der Waals surface area contributed by atoms with E-state index in [-0.39, 0.29) is 4.90 Å². The largest absolute Gasteiger partial charge is 0.326 e. The van der Waals surface area contributed by atoms with E-state index in [1.54, 1.807) is 6.20 Å². The zero-order chi connectivity index (χ0) is 13.1. The van der Waals surface area contributed by atoms with Gasteiger partial charge in [0.25, 0.3) is 0 Å². The molecule has 2 aromatic rings. The summed E-state index contributed by atoms with van der Waals surface area (Å²) in [5.74, 6) is -0.916. The molecule has 0 unspecified atom stereocenters. The lowest BCUT2D eigenvalue weighted by Crippen LogP contribution is -1.98. The van der Waals surface area contributed by atoms with Gasteiger partial charge in [0.2, 0.25) is 0 Å². The number of aromatic nitrogens is 1. The molecule has 0 saturated heterocycles. The Kier molecular flexibility index (Phi) is 3.93. The molecule has 5 heteroatoms. The number of benzene rings is 1. The van der Waals surface area contributed by atoms with Gasteiger partial charge in [-0.2, -0.15) is 0 Å². The summed E-state index contributed by atoms with van der Waals surface area (Å²) in [6, 6.07) is 5.27. The van der Waals surface area contributed by atoms with E-state index in [2.05, 4.69) is 4.98 Å². The molecule has 0 aliphatic rings. The average molecular weight is 266 g/mol. The van der Waals surface area contributed by atoms with Crippen molar-refractivity contribution in [3.63, 3.8) is 0 Å². The van der Waals surface area contributed by atoms with E-state index in [4.69, 9.17) is 5.73 Å². The Morgan fingerprint density at radius 1 is 1.28 bits per heavy atom. The second-order valence-corrected chi connectivity index (χ2v) is 4.88. The van der Waals surface area contributed by atoms with Crippen LogP contribution in [0.25, 0.3) is 0 Å². The summed E-state index contributed by atoms with van der Waals surface area (Å²) in [6.07, 6.45) is 1.65. The third-order valence-corrected chi connectivity index (χ3v) is 3.58. The monoisotopic (exact) mass is 266 g/mol. The minimum atomic E-state index is -0.463. The summed E-state index contributed by atoms with van der Waals surface area (Å²) in [4.78, 5) is 4.44. The van der Waals surface area contributed by atoms with Crippen molar-refractivity contribution in [3.8, 4) is 0 Å². The Hall–Kier alpha value is -1.46. The summed E-state index contributed by atoms with van der Waals surface area (Å²) >= 11 is 1.11. The van der Waals surface area contributed by atoms with Gasteiger partial charge in [0.05, 0.1) is 4.90 Å². The molecule has 0 amide bonds. The molecule has 0 aliphatic carbocycles. The van der Waals surface area contributed by atoms with Crippen LogP contribution in [0.2, 0.25) is 0 Å². The molecular formula is C13H12F2N2S. The maximum Gasteiger partial charge on any atom is 0.137 e. The highest BCUT2D eigenvalue weighted by molar-refractivity contribution is 7.99. The highest BCUT2D eigenvalue weighted by Crippen LogP contribution is 2.31. The van der Waals surface area contributed by atoms with Crippen LogP contribution in [0.3, 0.4) is 0 Å². The van der Waals surface area contributed by atoms with Gasteiger partial charge in [0.15, 0.2) is 0 Å². The van der Waals surface area contributed by atoms with Crippen molar-refractivity contribution in [2.75, 3.05) is 0 Å². The van der Waals surface area contributed by atoms with Crippen LogP contribution in [0.4, 0.5) is 8.78 Å². The van der Waals surface area contributed by atoms with Gasteiger partial charge in [0, 0.05) is 12.7 Å². The van der Waals surface area contributed by atoms with Crippen LogP contribution < -0.4 is 5.73 Å². The Morgan fingerprint density at radius 3 is 2.72 bits per heavy atom. The number of aryl methyl sites for hydroxylation is 1. The van der Waals surface area contributed by atoms with Gasteiger partial charge in [-0.05, 0) is 36.2 Å². The summed E-state index contributed by atoms with van der Waals surface area (Å²) in [7, 11) is 0. The maximum atomic E-state index is 13.5. The summed E-state index contributed by atoms with van der Waals surface area (Å²) in [6.45, 7) is 2.28. The number of nitrogens with two attached hydrogens (primary N) is 1. The van der Waals surface area contributed by atoms with E-state index in [0.29, 0.717) is 11.6 Å². The van der Waals surface area contributed by atoms with Crippen LogP contribution in [0, 0.1) is 18.6 Å². The van der Waals surface area contributed by atoms with E-state index in [0.717, 1.165) is 41.1 Å². The molecule has 0 bridgehead atoms. The first-order valence-corrected chi connectivity index (χ1v) is 6.20. The molecule has 1 aromatic carbocycles. The van der Waals surface area contributed by atoms with E-state index in [1.165, 1.54) is 0 Å². The Morgan fingerprint density at radius 2 is 2.06 bits per heavy atom. The van der Waals surface area contributed by atoms with Crippen molar-refractivity contribution in [3.05, 3.63) is 53.2 Å². The van der Waals surface area contributed by atoms with Gasteiger partial charge in [-0.25, -0.2) is 13.8 Å². The van der Waals surface area contributed by atoms with Gasteiger partial charge >= 0.3 is 0 Å². The first-order valence-electron chi connectivity index (χ1n) is 5.38. The molecule has 2 rings (SSSR count). The predicted molar refractivity (Wildman–Crippen MR) is 67.3 cm³/mol. The predicted octanol–water partition coefficient (Wildman–Crippen LogP) is 3.28. The molecule has 1 aromatic heterocycles. The molecule has 0 atom stereocenters. The number of rotatable bonds is 3. The van der Waals surface area contributed by atoms with Crippen LogP contribution >= 0.6 is 11.8 Å². The minimum absolute atomic E-state index is 0.228. The topological polar surface area (TPSA) is 38.9 Å². The highest BCUT2D eigenvalue weighted by Gasteiger charge is 2.09. The molecule has 94 valence electrons. The Labute approximate surface area is 108 Å². The van der Waals surface area contributed by atoms with Crippen LogP contribution in [-0.4, -0.2) is 4.98 Å².